The van der Waals surface area contributed by atoms with Crippen LogP contribution in [0.5, 0.6) is 0 Å². The van der Waals surface area contributed by atoms with Crippen molar-refractivity contribution in [3.63, 3.8) is 0 Å². The molecule has 0 bridgehead atoms. The van der Waals surface area contributed by atoms with Crippen molar-refractivity contribution in [1.29, 1.82) is 0 Å². The molecule has 1 aliphatic heterocycles. The minimum atomic E-state index is -4.58. The highest BCUT2D eigenvalue weighted by atomic mass is 32.1. The molecule has 3 rings (SSSR count). The third-order valence-electron chi connectivity index (χ3n) is 4.96. The molecule has 1 saturated heterocycles. The van der Waals surface area contributed by atoms with Crippen LogP contribution in [0.2, 0.25) is 0 Å². The smallest absolute Gasteiger partial charge is 0.324 e. The molecule has 2 aromatic rings. The van der Waals surface area contributed by atoms with Gasteiger partial charge in [0.2, 0.25) is 10.1 Å². The molecular weight excluding hydrogens is 391 g/mol. The number of halogens is 3. The van der Waals surface area contributed by atoms with Gasteiger partial charge >= 0.3 is 12.2 Å². The number of amides is 2. The molecule has 1 aromatic carbocycles. The van der Waals surface area contributed by atoms with Crippen molar-refractivity contribution in [3.8, 4) is 0 Å². The average molecular weight is 413 g/mol. The van der Waals surface area contributed by atoms with Crippen LogP contribution in [0.1, 0.15) is 28.6 Å². The molecule has 2 heterocycles. The lowest BCUT2D eigenvalue weighted by atomic mass is 10.0. The van der Waals surface area contributed by atoms with E-state index in [1.54, 1.807) is 7.05 Å². The van der Waals surface area contributed by atoms with Crippen LogP contribution in [0, 0.1) is 13.8 Å². The summed E-state index contributed by atoms with van der Waals surface area (Å²) in [7, 11) is 1.63. The summed E-state index contributed by atoms with van der Waals surface area (Å²) in [4.78, 5) is 17.6. The van der Waals surface area contributed by atoms with E-state index >= 15 is 0 Å². The van der Waals surface area contributed by atoms with Crippen molar-refractivity contribution in [2.45, 2.75) is 39.7 Å². The van der Waals surface area contributed by atoms with Crippen molar-refractivity contribution in [1.82, 2.24) is 20.0 Å². The predicted molar refractivity (Wildman–Crippen MR) is 101 cm³/mol. The van der Waals surface area contributed by atoms with E-state index in [1.807, 2.05) is 39.0 Å². The number of likely N-dealkylation sites (N-methyl/N-ethyl adjacent to an activating group) is 2. The van der Waals surface area contributed by atoms with Crippen LogP contribution in [0.4, 0.5) is 23.1 Å². The van der Waals surface area contributed by atoms with Gasteiger partial charge in [0.05, 0.1) is 6.54 Å². The lowest BCUT2D eigenvalue weighted by Crippen LogP contribution is -2.47. The van der Waals surface area contributed by atoms with Gasteiger partial charge in [0, 0.05) is 13.6 Å². The van der Waals surface area contributed by atoms with Crippen LogP contribution in [0.25, 0.3) is 0 Å². The lowest BCUT2D eigenvalue weighted by molar-refractivity contribution is -0.138. The molecule has 0 N–H and O–H groups in total. The fourth-order valence-electron chi connectivity index (χ4n) is 3.36. The van der Waals surface area contributed by atoms with Crippen molar-refractivity contribution in [3.05, 3.63) is 39.9 Å². The van der Waals surface area contributed by atoms with E-state index in [0.29, 0.717) is 31.0 Å². The summed E-state index contributed by atoms with van der Waals surface area (Å²) in [6.07, 6.45) is -5.00. The van der Waals surface area contributed by atoms with Crippen LogP contribution in [-0.2, 0) is 12.7 Å². The molecule has 0 saturated carbocycles. The summed E-state index contributed by atoms with van der Waals surface area (Å²) >= 11 is 0.392. The quantitative estimate of drug-likeness (QED) is 0.746. The first-order valence-corrected chi connectivity index (χ1v) is 9.69. The number of aryl methyl sites for hydroxylation is 2. The molecule has 0 spiro atoms. The fourth-order valence-corrected chi connectivity index (χ4v) is 4.11. The Labute approximate surface area is 165 Å². The maximum atomic E-state index is 12.9. The second kappa shape index (κ2) is 7.67. The Morgan fingerprint density at radius 3 is 2.43 bits per heavy atom. The Morgan fingerprint density at radius 2 is 1.89 bits per heavy atom. The highest BCUT2D eigenvalue weighted by Crippen LogP contribution is 2.37. The normalized spacial score (nSPS) is 17.9. The highest BCUT2D eigenvalue weighted by molar-refractivity contribution is 7.15. The second-order valence-electron chi connectivity index (χ2n) is 6.83. The van der Waals surface area contributed by atoms with Gasteiger partial charge in [0.15, 0.2) is 0 Å². The number of urea groups is 1. The predicted octanol–water partition coefficient (Wildman–Crippen LogP) is 3.89. The summed E-state index contributed by atoms with van der Waals surface area (Å²) in [5.41, 5.74) is 3.43. The number of hydrogen-bond donors (Lipinski definition) is 0. The molecule has 1 unspecified atom stereocenters. The molecule has 10 heteroatoms. The third kappa shape index (κ3) is 3.83. The first kappa shape index (κ1) is 20.5. The Bertz CT molecular complexity index is 849. The summed E-state index contributed by atoms with van der Waals surface area (Å²) in [6, 6.07) is 5.67. The van der Waals surface area contributed by atoms with Crippen molar-refractivity contribution >= 4 is 22.5 Å². The van der Waals surface area contributed by atoms with Gasteiger partial charge in [0.25, 0.3) is 0 Å². The minimum absolute atomic E-state index is 0.0355. The number of hydrogen-bond acceptors (Lipinski definition) is 5. The molecule has 0 aliphatic carbocycles. The van der Waals surface area contributed by atoms with Crippen LogP contribution in [0.15, 0.2) is 18.2 Å². The zero-order valence-electron chi connectivity index (χ0n) is 16.1. The molecule has 1 fully saturated rings. The second-order valence-corrected chi connectivity index (χ2v) is 7.79. The van der Waals surface area contributed by atoms with Crippen molar-refractivity contribution < 1.29 is 18.0 Å². The van der Waals surface area contributed by atoms with Crippen LogP contribution < -0.4 is 4.90 Å². The monoisotopic (exact) mass is 413 g/mol. The first-order valence-electron chi connectivity index (χ1n) is 8.87. The van der Waals surface area contributed by atoms with E-state index in [0.717, 1.165) is 16.7 Å². The molecule has 0 radical (unpaired) electrons. The molecule has 152 valence electrons. The average Bonchev–Trinajstić information content (AvgIpc) is 3.20. The zero-order valence-corrected chi connectivity index (χ0v) is 16.9. The number of nitrogens with zero attached hydrogens (tertiary/aromatic N) is 5. The van der Waals surface area contributed by atoms with Crippen LogP contribution >= 0.6 is 11.3 Å². The van der Waals surface area contributed by atoms with E-state index in [-0.39, 0.29) is 11.2 Å². The Balaban J connectivity index is 1.93. The fraction of sp³-hybridized carbons (Fsp3) is 0.500. The maximum absolute atomic E-state index is 12.9. The third-order valence-corrected chi connectivity index (χ3v) is 5.93. The molecule has 1 aromatic heterocycles. The number of alkyl halides is 3. The maximum Gasteiger partial charge on any atom is 0.445 e. The van der Waals surface area contributed by atoms with Gasteiger partial charge in [0.1, 0.15) is 6.17 Å². The van der Waals surface area contributed by atoms with Crippen LogP contribution in [0.3, 0.4) is 0 Å². The van der Waals surface area contributed by atoms with E-state index in [2.05, 4.69) is 15.1 Å². The summed E-state index contributed by atoms with van der Waals surface area (Å²) < 4.78 is 38.8. The Kier molecular flexibility index (Phi) is 5.62. The largest absolute Gasteiger partial charge is 0.445 e. The highest BCUT2D eigenvalue weighted by Gasteiger charge is 2.43. The Hall–Kier alpha value is -2.20. The summed E-state index contributed by atoms with van der Waals surface area (Å²) in [6.45, 7) is 7.61. The number of rotatable bonds is 5. The molecule has 28 heavy (non-hydrogen) atoms. The van der Waals surface area contributed by atoms with Gasteiger partial charge in [-0.3, -0.25) is 4.90 Å². The number of benzene rings is 1. The van der Waals surface area contributed by atoms with E-state index in [9.17, 15) is 18.0 Å². The lowest BCUT2D eigenvalue weighted by Gasteiger charge is -2.32. The topological polar surface area (TPSA) is 52.6 Å². The van der Waals surface area contributed by atoms with Gasteiger partial charge in [-0.15, -0.1) is 10.2 Å². The van der Waals surface area contributed by atoms with Gasteiger partial charge in [-0.05, 0) is 37.1 Å². The number of anilines is 1. The van der Waals surface area contributed by atoms with Crippen LogP contribution in [-0.4, -0.2) is 52.3 Å². The number of carbonyl (C=O) groups is 1. The molecular formula is C18H22F3N5OS. The van der Waals surface area contributed by atoms with Gasteiger partial charge in [-0.25, -0.2) is 9.69 Å². The molecule has 1 aliphatic rings. The van der Waals surface area contributed by atoms with Crippen molar-refractivity contribution in [2.75, 3.05) is 25.0 Å². The molecule has 6 nitrogen and oxygen atoms in total. The van der Waals surface area contributed by atoms with E-state index in [4.69, 9.17) is 0 Å². The minimum Gasteiger partial charge on any atom is -0.324 e. The summed E-state index contributed by atoms with van der Waals surface area (Å²) in [5, 5.41) is 5.81. The number of aromatic nitrogens is 2. The van der Waals surface area contributed by atoms with Gasteiger partial charge < -0.3 is 4.90 Å². The van der Waals surface area contributed by atoms with E-state index in [1.165, 1.54) is 9.80 Å². The zero-order chi connectivity index (χ0) is 20.6. The standard InChI is InChI=1S/C18H22F3N5OS/c1-5-25(9-13-11(2)7-6-8-12(13)3)14-10-24(4)17(27)26(14)16-23-22-15(28-16)18(19,20)21/h6-8,14H,5,9-10H2,1-4H3. The SMILES string of the molecule is CCN(Cc1c(C)cccc1C)C1CN(C)C(=O)N1c1nnc(C(F)(F)F)s1. The van der Waals surface area contributed by atoms with Gasteiger partial charge in [-0.1, -0.05) is 36.5 Å². The molecule has 2 amide bonds. The van der Waals surface area contributed by atoms with Crippen molar-refractivity contribution in [2.24, 2.45) is 0 Å². The number of carbonyl (C=O) groups excluding carboxylic acids is 1. The molecule has 1 atom stereocenters. The Morgan fingerprint density at radius 1 is 1.25 bits per heavy atom. The van der Waals surface area contributed by atoms with Gasteiger partial charge in [-0.2, -0.15) is 13.2 Å². The summed E-state index contributed by atoms with van der Waals surface area (Å²) in [5.74, 6) is 0. The first-order chi connectivity index (χ1) is 13.1. The van der Waals surface area contributed by atoms with E-state index < -0.39 is 17.3 Å².